The Hall–Kier alpha value is -8.37. The molecule has 11 rings (SSSR count). The van der Waals surface area contributed by atoms with Crippen LogP contribution in [0.1, 0.15) is 16.7 Å². The average Bonchev–Trinajstić information content (AvgIpc) is 3.91. The van der Waals surface area contributed by atoms with Gasteiger partial charge in [0, 0.05) is 49.4 Å². The van der Waals surface area contributed by atoms with E-state index in [1.807, 2.05) is 48.5 Å². The zero-order chi connectivity index (χ0) is 38.2. The molecule has 8 aromatic carbocycles. The molecule has 0 aliphatic heterocycles. The van der Waals surface area contributed by atoms with Gasteiger partial charge in [-0.1, -0.05) is 72.8 Å². The van der Waals surface area contributed by atoms with Crippen molar-refractivity contribution in [1.82, 2.24) is 13.7 Å². The quantitative estimate of drug-likeness (QED) is 0.181. The normalized spacial score (nSPS) is 11.5. The number of fused-ring (bicyclic) bond motifs is 9. The Morgan fingerprint density at radius 2 is 0.737 bits per heavy atom. The van der Waals surface area contributed by atoms with Crippen molar-refractivity contribution in [2.75, 3.05) is 0 Å². The third kappa shape index (κ3) is 4.81. The minimum atomic E-state index is 0.574. The molecule has 0 aliphatic rings. The smallest absolute Gasteiger partial charge is 0.0992 e. The highest BCUT2D eigenvalue weighted by molar-refractivity contribution is 6.13. The standard InChI is InChI=1S/C51H28N6/c52-29-32-13-21-49-44(25-32)45-26-33(30-53)14-22-50(45)56(49)38-19-20-43-42-9-3-4-10-46(42)55(51(43)28-38)37-17-15-35(16-18-37)36-23-34(31-54)24-39(27-36)57-47-11-5-1-7-40(47)41-8-2-6-12-48(41)57/h1-28H. The van der Waals surface area contributed by atoms with Crippen LogP contribution in [-0.2, 0) is 0 Å². The third-order valence-electron chi connectivity index (χ3n) is 11.3. The van der Waals surface area contributed by atoms with Gasteiger partial charge < -0.3 is 13.7 Å². The summed E-state index contributed by atoms with van der Waals surface area (Å²) in [5, 5.41) is 36.1. The molecule has 0 fully saturated rings. The highest BCUT2D eigenvalue weighted by Gasteiger charge is 2.18. The SMILES string of the molecule is N#Cc1cc(-c2ccc(-n3c4ccccc4c4ccc(-n5c6ccc(C#N)cc6c6cc(C#N)ccc65)cc43)cc2)cc(-n2c3ccccc3c3ccccc32)c1. The van der Waals surface area contributed by atoms with Crippen molar-refractivity contribution in [3.05, 3.63) is 187 Å². The van der Waals surface area contributed by atoms with Gasteiger partial charge in [0.1, 0.15) is 0 Å². The molecule has 0 N–H and O–H groups in total. The summed E-state index contributed by atoms with van der Waals surface area (Å²) in [6, 6.07) is 65.0. The molecule has 0 saturated heterocycles. The van der Waals surface area contributed by atoms with Crippen LogP contribution in [-0.4, -0.2) is 13.7 Å². The van der Waals surface area contributed by atoms with E-state index in [4.69, 9.17) is 0 Å². The lowest BCUT2D eigenvalue weighted by Crippen LogP contribution is -1.97. The number of nitriles is 3. The summed E-state index contributed by atoms with van der Waals surface area (Å²) in [6.45, 7) is 0. The van der Waals surface area contributed by atoms with Crippen LogP contribution < -0.4 is 0 Å². The van der Waals surface area contributed by atoms with E-state index in [1.54, 1.807) is 0 Å². The molecule has 0 radical (unpaired) electrons. The van der Waals surface area contributed by atoms with Crippen molar-refractivity contribution in [2.45, 2.75) is 0 Å². The first-order valence-corrected chi connectivity index (χ1v) is 18.7. The highest BCUT2D eigenvalue weighted by atomic mass is 15.0. The number of hydrogen-bond donors (Lipinski definition) is 0. The first kappa shape index (κ1) is 32.1. The van der Waals surface area contributed by atoms with E-state index in [2.05, 4.69) is 153 Å². The molecule has 0 unspecified atom stereocenters. The van der Waals surface area contributed by atoms with Crippen LogP contribution in [0.25, 0.3) is 93.6 Å². The van der Waals surface area contributed by atoms with Gasteiger partial charge in [-0.05, 0) is 108 Å². The van der Waals surface area contributed by atoms with Crippen molar-refractivity contribution in [1.29, 1.82) is 15.8 Å². The number of benzene rings is 8. The van der Waals surface area contributed by atoms with E-state index in [0.29, 0.717) is 16.7 Å². The Morgan fingerprint density at radius 3 is 1.28 bits per heavy atom. The molecule has 0 saturated carbocycles. The zero-order valence-corrected chi connectivity index (χ0v) is 30.3. The van der Waals surface area contributed by atoms with Crippen molar-refractivity contribution >= 4 is 65.4 Å². The monoisotopic (exact) mass is 724 g/mol. The van der Waals surface area contributed by atoms with Crippen LogP contribution in [0.3, 0.4) is 0 Å². The summed E-state index contributed by atoms with van der Waals surface area (Å²) in [6.07, 6.45) is 0. The molecule has 0 amide bonds. The van der Waals surface area contributed by atoms with Gasteiger partial charge in [0.2, 0.25) is 0 Å². The van der Waals surface area contributed by atoms with Crippen LogP contribution in [0.2, 0.25) is 0 Å². The van der Waals surface area contributed by atoms with Crippen molar-refractivity contribution in [2.24, 2.45) is 0 Å². The van der Waals surface area contributed by atoms with Gasteiger partial charge in [-0.2, -0.15) is 15.8 Å². The molecule has 11 aromatic rings. The molecule has 262 valence electrons. The summed E-state index contributed by atoms with van der Waals surface area (Å²) >= 11 is 0. The predicted octanol–water partition coefficient (Wildman–Crippen LogP) is 12.3. The Balaban J connectivity index is 1.07. The second-order valence-electron chi connectivity index (χ2n) is 14.4. The molecule has 0 aliphatic carbocycles. The lowest BCUT2D eigenvalue weighted by Gasteiger charge is -2.13. The molecule has 3 heterocycles. The fourth-order valence-electron chi connectivity index (χ4n) is 8.79. The molecule has 3 aromatic heterocycles. The number of hydrogen-bond acceptors (Lipinski definition) is 3. The fraction of sp³-hybridized carbons (Fsp3) is 0. The van der Waals surface area contributed by atoms with Crippen molar-refractivity contribution in [3.63, 3.8) is 0 Å². The van der Waals surface area contributed by atoms with Gasteiger partial charge in [-0.25, -0.2) is 0 Å². The maximum absolute atomic E-state index is 10.2. The first-order chi connectivity index (χ1) is 28.1. The van der Waals surface area contributed by atoms with Crippen LogP contribution >= 0.6 is 0 Å². The fourth-order valence-corrected chi connectivity index (χ4v) is 8.79. The molecule has 6 heteroatoms. The molecular formula is C51H28N6. The van der Waals surface area contributed by atoms with Gasteiger partial charge in [-0.15, -0.1) is 0 Å². The molecular weight excluding hydrogens is 697 g/mol. The van der Waals surface area contributed by atoms with Gasteiger partial charge >= 0.3 is 0 Å². The third-order valence-corrected chi connectivity index (χ3v) is 11.3. The van der Waals surface area contributed by atoms with E-state index in [1.165, 1.54) is 10.8 Å². The maximum atomic E-state index is 10.2. The number of nitrogens with zero attached hydrogens (tertiary/aromatic N) is 6. The van der Waals surface area contributed by atoms with E-state index in [0.717, 1.165) is 82.8 Å². The lowest BCUT2D eigenvalue weighted by atomic mass is 10.0. The first-order valence-electron chi connectivity index (χ1n) is 18.7. The second-order valence-corrected chi connectivity index (χ2v) is 14.4. The minimum absolute atomic E-state index is 0.574. The second kappa shape index (κ2) is 12.3. The number of rotatable bonds is 4. The summed E-state index contributed by atoms with van der Waals surface area (Å²) in [5.74, 6) is 0. The molecule has 0 spiro atoms. The van der Waals surface area contributed by atoms with Gasteiger partial charge in [0.15, 0.2) is 0 Å². The Kier molecular flexibility index (Phi) is 6.95. The Bertz CT molecular complexity index is 3490. The van der Waals surface area contributed by atoms with Gasteiger partial charge in [-0.3, -0.25) is 0 Å². The summed E-state index contributed by atoms with van der Waals surface area (Å²) in [5.41, 5.74) is 12.9. The van der Waals surface area contributed by atoms with E-state index < -0.39 is 0 Å². The maximum Gasteiger partial charge on any atom is 0.0992 e. The molecule has 57 heavy (non-hydrogen) atoms. The molecule has 6 nitrogen and oxygen atoms in total. The molecule has 0 atom stereocenters. The largest absolute Gasteiger partial charge is 0.309 e. The number of aromatic nitrogens is 3. The van der Waals surface area contributed by atoms with Crippen molar-refractivity contribution in [3.8, 4) is 46.4 Å². The van der Waals surface area contributed by atoms with Crippen LogP contribution in [0.15, 0.2) is 170 Å². The predicted molar refractivity (Wildman–Crippen MR) is 229 cm³/mol. The van der Waals surface area contributed by atoms with E-state index >= 15 is 0 Å². The van der Waals surface area contributed by atoms with Crippen molar-refractivity contribution < 1.29 is 0 Å². The zero-order valence-electron chi connectivity index (χ0n) is 30.3. The summed E-state index contributed by atoms with van der Waals surface area (Å²) in [7, 11) is 0. The summed E-state index contributed by atoms with van der Waals surface area (Å²) < 4.78 is 6.78. The van der Waals surface area contributed by atoms with Crippen LogP contribution in [0.5, 0.6) is 0 Å². The minimum Gasteiger partial charge on any atom is -0.309 e. The highest BCUT2D eigenvalue weighted by Crippen LogP contribution is 2.39. The Morgan fingerprint density at radius 1 is 0.281 bits per heavy atom. The van der Waals surface area contributed by atoms with E-state index in [9.17, 15) is 15.8 Å². The van der Waals surface area contributed by atoms with Crippen LogP contribution in [0, 0.1) is 34.0 Å². The topological polar surface area (TPSA) is 86.2 Å². The molecule has 0 bridgehead atoms. The Labute approximate surface area is 326 Å². The summed E-state index contributed by atoms with van der Waals surface area (Å²) in [4.78, 5) is 0. The average molecular weight is 725 g/mol. The van der Waals surface area contributed by atoms with E-state index in [-0.39, 0.29) is 0 Å². The lowest BCUT2D eigenvalue weighted by molar-refractivity contribution is 1.15. The number of para-hydroxylation sites is 3. The van der Waals surface area contributed by atoms with Gasteiger partial charge in [0.25, 0.3) is 0 Å². The van der Waals surface area contributed by atoms with Crippen LogP contribution in [0.4, 0.5) is 0 Å². The van der Waals surface area contributed by atoms with Gasteiger partial charge in [0.05, 0.1) is 68.0 Å².